The molecule has 0 aliphatic heterocycles. The second kappa shape index (κ2) is 7.04. The highest BCUT2D eigenvalue weighted by Gasteiger charge is 2.14. The van der Waals surface area contributed by atoms with Crippen LogP contribution in [0.15, 0.2) is 47.4 Å². The van der Waals surface area contributed by atoms with Crippen molar-refractivity contribution in [2.24, 2.45) is 0 Å². The van der Waals surface area contributed by atoms with E-state index in [1.807, 2.05) is 6.07 Å². The second-order valence-corrected chi connectivity index (χ2v) is 4.61. The maximum absolute atomic E-state index is 11.5. The molecule has 1 N–H and O–H groups in total. The number of rotatable bonds is 6. The zero-order valence-electron chi connectivity index (χ0n) is 11.7. The number of nitro groups is 1. The fourth-order valence-electron chi connectivity index (χ4n) is 2.02. The molecule has 0 saturated carbocycles. The number of nitrogens with one attached hydrogen (secondary N) is 1. The van der Waals surface area contributed by atoms with E-state index in [9.17, 15) is 14.9 Å². The van der Waals surface area contributed by atoms with Gasteiger partial charge in [0.25, 0.3) is 5.69 Å². The van der Waals surface area contributed by atoms with Crippen LogP contribution in [0, 0.1) is 21.4 Å². The molecule has 7 nitrogen and oxygen atoms in total. The standard InChI is InChI=1S/C15H14N4O3/c16-11-12-5-6-13(14(10-12)19(21)22)17-7-3-9-18-8-2-1-4-15(18)20/h1-2,4-6,8,10,17H,3,7,9H2. The van der Waals surface area contributed by atoms with Crippen molar-refractivity contribution in [1.29, 1.82) is 5.26 Å². The lowest BCUT2D eigenvalue weighted by Crippen LogP contribution is -2.19. The average molecular weight is 298 g/mol. The predicted octanol–water partition coefficient (Wildman–Crippen LogP) is 2.13. The lowest BCUT2D eigenvalue weighted by molar-refractivity contribution is -0.384. The minimum absolute atomic E-state index is 0.0770. The molecule has 22 heavy (non-hydrogen) atoms. The number of hydrogen-bond donors (Lipinski definition) is 1. The van der Waals surface area contributed by atoms with Crippen LogP contribution >= 0.6 is 0 Å². The SMILES string of the molecule is N#Cc1ccc(NCCCn2ccccc2=O)c([N+](=O)[O-])c1. The summed E-state index contributed by atoms with van der Waals surface area (Å²) in [7, 11) is 0. The topological polar surface area (TPSA) is 101 Å². The van der Waals surface area contributed by atoms with Crippen molar-refractivity contribution in [3.8, 4) is 6.07 Å². The summed E-state index contributed by atoms with van der Waals surface area (Å²) in [5, 5.41) is 22.7. The highest BCUT2D eigenvalue weighted by molar-refractivity contribution is 5.63. The third-order valence-corrected chi connectivity index (χ3v) is 3.11. The Morgan fingerprint density at radius 1 is 1.32 bits per heavy atom. The molecule has 0 aliphatic carbocycles. The first-order chi connectivity index (χ1) is 10.6. The largest absolute Gasteiger partial charge is 0.379 e. The molecule has 0 aliphatic rings. The second-order valence-electron chi connectivity index (χ2n) is 4.61. The van der Waals surface area contributed by atoms with Crippen molar-refractivity contribution in [2.75, 3.05) is 11.9 Å². The first-order valence-electron chi connectivity index (χ1n) is 6.69. The molecule has 0 spiro atoms. The molecule has 0 bridgehead atoms. The fourth-order valence-corrected chi connectivity index (χ4v) is 2.02. The van der Waals surface area contributed by atoms with Gasteiger partial charge in [0.05, 0.1) is 16.6 Å². The van der Waals surface area contributed by atoms with Gasteiger partial charge in [-0.05, 0) is 24.6 Å². The number of aromatic nitrogens is 1. The van der Waals surface area contributed by atoms with Crippen LogP contribution in [-0.4, -0.2) is 16.0 Å². The van der Waals surface area contributed by atoms with Crippen LogP contribution in [0.3, 0.4) is 0 Å². The van der Waals surface area contributed by atoms with Crippen LogP contribution in [-0.2, 0) is 6.54 Å². The Labute approximate surface area is 126 Å². The van der Waals surface area contributed by atoms with Gasteiger partial charge in [0.15, 0.2) is 0 Å². The minimum atomic E-state index is -0.523. The monoisotopic (exact) mass is 298 g/mol. The van der Waals surface area contributed by atoms with E-state index in [0.29, 0.717) is 25.2 Å². The van der Waals surface area contributed by atoms with E-state index in [-0.39, 0.29) is 16.8 Å². The van der Waals surface area contributed by atoms with Gasteiger partial charge in [-0.2, -0.15) is 5.26 Å². The van der Waals surface area contributed by atoms with Crippen molar-refractivity contribution in [2.45, 2.75) is 13.0 Å². The van der Waals surface area contributed by atoms with Gasteiger partial charge in [-0.25, -0.2) is 0 Å². The third-order valence-electron chi connectivity index (χ3n) is 3.11. The average Bonchev–Trinajstić information content (AvgIpc) is 2.53. The van der Waals surface area contributed by atoms with Crippen molar-refractivity contribution >= 4 is 11.4 Å². The van der Waals surface area contributed by atoms with Crippen molar-refractivity contribution in [3.05, 3.63) is 68.6 Å². The predicted molar refractivity (Wildman–Crippen MR) is 81.6 cm³/mol. The van der Waals surface area contributed by atoms with E-state index >= 15 is 0 Å². The van der Waals surface area contributed by atoms with Crippen LogP contribution in [0.25, 0.3) is 0 Å². The molecule has 0 unspecified atom stereocenters. The summed E-state index contributed by atoms with van der Waals surface area (Å²) in [5.41, 5.74) is 0.403. The van der Waals surface area contributed by atoms with Crippen LogP contribution < -0.4 is 10.9 Å². The number of anilines is 1. The normalized spacial score (nSPS) is 9.95. The number of nitrogens with zero attached hydrogens (tertiary/aromatic N) is 3. The van der Waals surface area contributed by atoms with E-state index < -0.39 is 4.92 Å². The molecule has 0 amide bonds. The first kappa shape index (κ1) is 15.3. The Morgan fingerprint density at radius 3 is 2.82 bits per heavy atom. The number of aryl methyl sites for hydroxylation is 1. The number of nitriles is 1. The number of hydrogen-bond acceptors (Lipinski definition) is 5. The summed E-state index contributed by atoms with van der Waals surface area (Å²) >= 11 is 0. The number of nitro benzene ring substituents is 1. The summed E-state index contributed by atoms with van der Waals surface area (Å²) in [4.78, 5) is 22.0. The van der Waals surface area contributed by atoms with E-state index in [4.69, 9.17) is 5.26 Å². The Hall–Kier alpha value is -3.14. The van der Waals surface area contributed by atoms with Gasteiger partial charge < -0.3 is 9.88 Å². The highest BCUT2D eigenvalue weighted by atomic mass is 16.6. The quantitative estimate of drug-likeness (QED) is 0.500. The van der Waals surface area contributed by atoms with Gasteiger partial charge in [0.1, 0.15) is 5.69 Å². The maximum Gasteiger partial charge on any atom is 0.293 e. The van der Waals surface area contributed by atoms with Crippen LogP contribution in [0.5, 0.6) is 0 Å². The Bertz CT molecular complexity index is 777. The zero-order valence-corrected chi connectivity index (χ0v) is 11.7. The minimum Gasteiger partial charge on any atom is -0.379 e. The summed E-state index contributed by atoms with van der Waals surface area (Å²) < 4.78 is 1.58. The van der Waals surface area contributed by atoms with E-state index in [1.165, 1.54) is 24.3 Å². The summed E-state index contributed by atoms with van der Waals surface area (Å²) in [6.07, 6.45) is 2.34. The summed E-state index contributed by atoms with van der Waals surface area (Å²) in [6, 6.07) is 11.1. The Balaban J connectivity index is 1.98. The van der Waals surface area contributed by atoms with Crippen LogP contribution in [0.2, 0.25) is 0 Å². The van der Waals surface area contributed by atoms with Crippen molar-refractivity contribution in [3.63, 3.8) is 0 Å². The summed E-state index contributed by atoms with van der Waals surface area (Å²) in [5.74, 6) is 0. The molecular weight excluding hydrogens is 284 g/mol. The van der Waals surface area contributed by atoms with Crippen LogP contribution in [0.1, 0.15) is 12.0 Å². The number of benzene rings is 1. The first-order valence-corrected chi connectivity index (χ1v) is 6.69. The number of pyridine rings is 1. The zero-order chi connectivity index (χ0) is 15.9. The van der Waals surface area contributed by atoms with Gasteiger partial charge in [0.2, 0.25) is 5.56 Å². The highest BCUT2D eigenvalue weighted by Crippen LogP contribution is 2.25. The molecule has 0 fully saturated rings. The van der Waals surface area contributed by atoms with Gasteiger partial charge in [-0.15, -0.1) is 0 Å². The molecule has 2 aromatic rings. The van der Waals surface area contributed by atoms with E-state index in [2.05, 4.69) is 5.32 Å². The molecule has 0 atom stereocenters. The molecule has 2 rings (SSSR count). The lowest BCUT2D eigenvalue weighted by atomic mass is 10.2. The third kappa shape index (κ3) is 3.70. The van der Waals surface area contributed by atoms with Gasteiger partial charge in [0, 0.05) is 31.4 Å². The lowest BCUT2D eigenvalue weighted by Gasteiger charge is -2.08. The van der Waals surface area contributed by atoms with Gasteiger partial charge >= 0.3 is 0 Å². The molecule has 0 radical (unpaired) electrons. The molecule has 1 heterocycles. The van der Waals surface area contributed by atoms with E-state index in [0.717, 1.165) is 0 Å². The van der Waals surface area contributed by atoms with Crippen LogP contribution in [0.4, 0.5) is 11.4 Å². The van der Waals surface area contributed by atoms with Crippen molar-refractivity contribution in [1.82, 2.24) is 4.57 Å². The Morgan fingerprint density at radius 2 is 2.14 bits per heavy atom. The Kier molecular flexibility index (Phi) is 4.88. The maximum atomic E-state index is 11.5. The summed E-state index contributed by atoms with van der Waals surface area (Å²) in [6.45, 7) is 1.00. The van der Waals surface area contributed by atoms with Crippen molar-refractivity contribution < 1.29 is 4.92 Å². The molecular formula is C15H14N4O3. The van der Waals surface area contributed by atoms with E-state index in [1.54, 1.807) is 22.9 Å². The molecule has 0 saturated heterocycles. The smallest absolute Gasteiger partial charge is 0.293 e. The van der Waals surface area contributed by atoms with Gasteiger partial charge in [-0.3, -0.25) is 14.9 Å². The van der Waals surface area contributed by atoms with Gasteiger partial charge in [-0.1, -0.05) is 6.07 Å². The molecule has 1 aromatic heterocycles. The molecule has 112 valence electrons. The molecule has 7 heteroatoms. The fraction of sp³-hybridized carbons (Fsp3) is 0.200. The molecule has 1 aromatic carbocycles.